The number of benzene rings is 1. The number of ether oxygens (including phenoxy) is 1. The molecule has 0 saturated heterocycles. The fourth-order valence-electron chi connectivity index (χ4n) is 1.12. The van der Waals surface area contributed by atoms with Gasteiger partial charge >= 0.3 is 0 Å². The van der Waals surface area contributed by atoms with Gasteiger partial charge in [-0.2, -0.15) is 0 Å². The van der Waals surface area contributed by atoms with Crippen molar-refractivity contribution in [1.82, 2.24) is 0 Å². The molecule has 0 radical (unpaired) electrons. The second-order valence-corrected chi connectivity index (χ2v) is 4.92. The minimum atomic E-state index is 0.145. The lowest BCUT2D eigenvalue weighted by Crippen LogP contribution is -2.18. The lowest BCUT2D eigenvalue weighted by atomic mass is 10.1. The van der Waals surface area contributed by atoms with Crippen LogP contribution in [0.4, 0.5) is 0 Å². The summed E-state index contributed by atoms with van der Waals surface area (Å²) in [7, 11) is 0. The Morgan fingerprint density at radius 1 is 1.38 bits per heavy atom. The van der Waals surface area contributed by atoms with Gasteiger partial charge in [0.25, 0.3) is 0 Å². The summed E-state index contributed by atoms with van der Waals surface area (Å²) in [5, 5.41) is 0.529. The van der Waals surface area contributed by atoms with E-state index in [2.05, 4.69) is 13.8 Å². The van der Waals surface area contributed by atoms with Crippen molar-refractivity contribution < 1.29 is 4.74 Å². The molecule has 0 bridgehead atoms. The summed E-state index contributed by atoms with van der Waals surface area (Å²) >= 11 is 10.9. The molecule has 88 valence electrons. The molecule has 0 aliphatic heterocycles. The van der Waals surface area contributed by atoms with E-state index in [4.69, 9.17) is 34.3 Å². The van der Waals surface area contributed by atoms with Gasteiger partial charge in [0.2, 0.25) is 0 Å². The van der Waals surface area contributed by atoms with E-state index in [-0.39, 0.29) is 6.10 Å². The van der Waals surface area contributed by atoms with Crippen molar-refractivity contribution in [2.45, 2.75) is 26.9 Å². The summed E-state index contributed by atoms with van der Waals surface area (Å²) < 4.78 is 5.72. The Labute approximate surface area is 107 Å². The van der Waals surface area contributed by atoms with E-state index in [1.165, 1.54) is 0 Å². The number of hydrogen-bond acceptors (Lipinski definition) is 2. The van der Waals surface area contributed by atoms with Crippen LogP contribution < -0.4 is 10.5 Å². The molecular formula is C12H16ClNOS. The molecular weight excluding hydrogens is 242 g/mol. The molecule has 2 nitrogen and oxygen atoms in total. The molecule has 0 spiro atoms. The lowest BCUT2D eigenvalue weighted by Gasteiger charge is -2.18. The van der Waals surface area contributed by atoms with Gasteiger partial charge in [0.1, 0.15) is 10.7 Å². The van der Waals surface area contributed by atoms with Crippen LogP contribution in [0.2, 0.25) is 5.02 Å². The van der Waals surface area contributed by atoms with Gasteiger partial charge in [0.05, 0.1) is 11.1 Å². The van der Waals surface area contributed by atoms with E-state index in [1.54, 1.807) is 12.1 Å². The third kappa shape index (κ3) is 3.35. The van der Waals surface area contributed by atoms with Gasteiger partial charge in [0.15, 0.2) is 0 Å². The zero-order chi connectivity index (χ0) is 12.3. The Bertz CT molecular complexity index is 393. The third-order valence-corrected chi connectivity index (χ3v) is 3.00. The van der Waals surface area contributed by atoms with Crippen LogP contribution in [0, 0.1) is 5.92 Å². The first kappa shape index (κ1) is 13.3. The monoisotopic (exact) mass is 257 g/mol. The maximum atomic E-state index is 6.04. The molecule has 1 atom stereocenters. The summed E-state index contributed by atoms with van der Waals surface area (Å²) in [5.74, 6) is 1.19. The maximum Gasteiger partial charge on any atom is 0.121 e. The van der Waals surface area contributed by atoms with Crippen molar-refractivity contribution in [3.05, 3.63) is 28.8 Å². The first-order valence-corrected chi connectivity index (χ1v) is 5.96. The molecule has 1 unspecified atom stereocenters. The van der Waals surface area contributed by atoms with Gasteiger partial charge in [-0.15, -0.1) is 0 Å². The van der Waals surface area contributed by atoms with Crippen LogP contribution in [0.3, 0.4) is 0 Å². The third-order valence-electron chi connectivity index (χ3n) is 2.47. The van der Waals surface area contributed by atoms with E-state index >= 15 is 0 Å². The van der Waals surface area contributed by atoms with E-state index in [0.29, 0.717) is 21.5 Å². The molecule has 16 heavy (non-hydrogen) atoms. The Kier molecular flexibility index (Phi) is 4.56. The highest BCUT2D eigenvalue weighted by atomic mass is 35.5. The molecule has 1 rings (SSSR count). The van der Waals surface area contributed by atoms with Crippen molar-refractivity contribution in [2.75, 3.05) is 0 Å². The highest BCUT2D eigenvalue weighted by molar-refractivity contribution is 7.80. The molecule has 2 N–H and O–H groups in total. The normalized spacial score (nSPS) is 12.6. The fourth-order valence-corrected chi connectivity index (χ4v) is 1.63. The standard InChI is InChI=1S/C12H16ClNOS/c1-7(2)8(3)15-9-4-5-10(12(14)16)11(13)6-9/h4-8H,1-3H3,(H2,14,16). The van der Waals surface area contributed by atoms with E-state index in [9.17, 15) is 0 Å². The molecule has 0 amide bonds. The smallest absolute Gasteiger partial charge is 0.121 e. The SMILES string of the molecule is CC(C)C(C)Oc1ccc(C(N)=S)c(Cl)c1. The predicted molar refractivity (Wildman–Crippen MR) is 72.3 cm³/mol. The Hall–Kier alpha value is -0.800. The summed E-state index contributed by atoms with van der Waals surface area (Å²) in [4.78, 5) is 0.299. The summed E-state index contributed by atoms with van der Waals surface area (Å²) in [5.41, 5.74) is 6.20. The predicted octanol–water partition coefficient (Wildman–Crippen LogP) is 3.40. The molecule has 1 aromatic rings. The minimum absolute atomic E-state index is 0.145. The molecule has 0 fully saturated rings. The van der Waals surface area contributed by atoms with Crippen molar-refractivity contribution in [1.29, 1.82) is 0 Å². The van der Waals surface area contributed by atoms with Crippen LogP contribution in [-0.2, 0) is 0 Å². The maximum absolute atomic E-state index is 6.04. The summed E-state index contributed by atoms with van der Waals surface area (Å²) in [6.07, 6.45) is 0.145. The van der Waals surface area contributed by atoms with Crippen molar-refractivity contribution in [3.8, 4) is 5.75 Å². The summed E-state index contributed by atoms with van der Waals surface area (Å²) in [6.45, 7) is 6.24. The van der Waals surface area contributed by atoms with Crippen LogP contribution >= 0.6 is 23.8 Å². The van der Waals surface area contributed by atoms with Gasteiger partial charge in [-0.1, -0.05) is 37.7 Å². The van der Waals surface area contributed by atoms with Crippen LogP contribution in [0.15, 0.2) is 18.2 Å². The Morgan fingerprint density at radius 2 is 2.00 bits per heavy atom. The quantitative estimate of drug-likeness (QED) is 0.840. The highest BCUT2D eigenvalue weighted by Gasteiger charge is 2.10. The molecule has 0 aromatic heterocycles. The second-order valence-electron chi connectivity index (χ2n) is 4.07. The molecule has 1 aromatic carbocycles. The molecule has 0 aliphatic carbocycles. The minimum Gasteiger partial charge on any atom is -0.490 e. The van der Waals surface area contributed by atoms with Crippen LogP contribution in [-0.4, -0.2) is 11.1 Å². The van der Waals surface area contributed by atoms with Gasteiger partial charge in [-0.05, 0) is 31.0 Å². The zero-order valence-electron chi connectivity index (χ0n) is 9.66. The molecule has 4 heteroatoms. The highest BCUT2D eigenvalue weighted by Crippen LogP contribution is 2.24. The van der Waals surface area contributed by atoms with Crippen LogP contribution in [0.5, 0.6) is 5.75 Å². The largest absolute Gasteiger partial charge is 0.490 e. The van der Waals surface area contributed by atoms with Crippen molar-refractivity contribution >= 4 is 28.8 Å². The average Bonchev–Trinajstić information content (AvgIpc) is 2.16. The Balaban J connectivity index is 2.85. The second kappa shape index (κ2) is 5.51. The first-order chi connectivity index (χ1) is 7.41. The average molecular weight is 258 g/mol. The number of rotatable bonds is 4. The fraction of sp³-hybridized carbons (Fsp3) is 0.417. The van der Waals surface area contributed by atoms with Crippen LogP contribution in [0.25, 0.3) is 0 Å². The van der Waals surface area contributed by atoms with Crippen LogP contribution in [0.1, 0.15) is 26.3 Å². The number of halogens is 1. The van der Waals surface area contributed by atoms with E-state index < -0.39 is 0 Å². The molecule has 0 aliphatic rings. The van der Waals surface area contributed by atoms with Gasteiger partial charge in [-0.25, -0.2) is 0 Å². The van der Waals surface area contributed by atoms with Gasteiger partial charge in [0, 0.05) is 5.56 Å². The summed E-state index contributed by atoms with van der Waals surface area (Å²) in [6, 6.07) is 5.36. The first-order valence-electron chi connectivity index (χ1n) is 5.18. The Morgan fingerprint density at radius 3 is 2.44 bits per heavy atom. The van der Waals surface area contributed by atoms with E-state index in [1.807, 2.05) is 13.0 Å². The molecule has 0 heterocycles. The topological polar surface area (TPSA) is 35.2 Å². The van der Waals surface area contributed by atoms with Gasteiger partial charge in [-0.3, -0.25) is 0 Å². The number of nitrogens with two attached hydrogens (primary N) is 1. The lowest BCUT2D eigenvalue weighted by molar-refractivity contribution is 0.170. The number of hydrogen-bond donors (Lipinski definition) is 1. The number of thiocarbonyl (C=S) groups is 1. The van der Waals surface area contributed by atoms with Gasteiger partial charge < -0.3 is 10.5 Å². The van der Waals surface area contributed by atoms with E-state index in [0.717, 1.165) is 5.75 Å². The zero-order valence-corrected chi connectivity index (χ0v) is 11.2. The van der Waals surface area contributed by atoms with Crippen molar-refractivity contribution in [2.24, 2.45) is 11.7 Å². The van der Waals surface area contributed by atoms with Crippen molar-refractivity contribution in [3.63, 3.8) is 0 Å². The molecule has 0 saturated carbocycles.